The van der Waals surface area contributed by atoms with E-state index >= 15 is 0 Å². The van der Waals surface area contributed by atoms with E-state index in [-0.39, 0.29) is 5.88 Å². The van der Waals surface area contributed by atoms with Crippen molar-refractivity contribution in [3.8, 4) is 0 Å². The zero-order valence-corrected chi connectivity index (χ0v) is 11.2. The predicted octanol–water partition coefficient (Wildman–Crippen LogP) is 4.46. The van der Waals surface area contributed by atoms with E-state index in [4.69, 9.17) is 33.4 Å². The highest BCUT2D eigenvalue weighted by Gasteiger charge is 2.13. The number of nitrogen functional groups attached to an aromatic ring is 1. The van der Waals surface area contributed by atoms with Crippen molar-refractivity contribution in [2.45, 2.75) is 0 Å². The number of rotatable bonds is 2. The second-order valence-corrected chi connectivity index (χ2v) is 4.81. The van der Waals surface area contributed by atoms with E-state index in [2.05, 4.69) is 10.3 Å². The summed E-state index contributed by atoms with van der Waals surface area (Å²) >= 11 is 12.1. The van der Waals surface area contributed by atoms with Crippen LogP contribution in [0.4, 0.5) is 17.3 Å². The third-order valence-corrected chi connectivity index (χ3v) is 3.27. The Kier molecular flexibility index (Phi) is 2.97. The van der Waals surface area contributed by atoms with Gasteiger partial charge in [-0.05, 0) is 24.3 Å². The normalized spacial score (nSPS) is 10.8. The number of nitrogens with one attached hydrogen (secondary N) is 1. The molecule has 0 saturated carbocycles. The first kappa shape index (κ1) is 12.1. The number of fused-ring (bicyclic) bond motifs is 1. The lowest BCUT2D eigenvalue weighted by atomic mass is 10.2. The Morgan fingerprint density at radius 2 is 2.05 bits per heavy atom. The largest absolute Gasteiger partial charge is 0.437 e. The van der Waals surface area contributed by atoms with Crippen molar-refractivity contribution in [2.24, 2.45) is 0 Å². The van der Waals surface area contributed by atoms with E-state index in [9.17, 15) is 0 Å². The summed E-state index contributed by atoms with van der Waals surface area (Å²) in [5.74, 6) is 0.277. The topological polar surface area (TPSA) is 64.1 Å². The highest BCUT2D eigenvalue weighted by atomic mass is 35.5. The molecule has 2 heterocycles. The average molecular weight is 294 g/mol. The minimum atomic E-state index is 0.277. The van der Waals surface area contributed by atoms with Gasteiger partial charge in [-0.3, -0.25) is 4.98 Å². The first-order chi connectivity index (χ1) is 9.15. The standard InChI is InChI=1S/C13H9Cl2N3O/c14-7-1-2-9(15)10(5-7)18-12-8-3-4-17-6-11(8)19-13(12)16/h1-6,18H,16H2. The molecule has 6 heteroatoms. The summed E-state index contributed by atoms with van der Waals surface area (Å²) in [4.78, 5) is 3.98. The van der Waals surface area contributed by atoms with Gasteiger partial charge in [-0.2, -0.15) is 0 Å². The highest BCUT2D eigenvalue weighted by Crippen LogP contribution is 2.37. The van der Waals surface area contributed by atoms with Gasteiger partial charge < -0.3 is 15.5 Å². The minimum absolute atomic E-state index is 0.277. The van der Waals surface area contributed by atoms with E-state index in [0.29, 0.717) is 27.0 Å². The Labute approximate surface area is 119 Å². The van der Waals surface area contributed by atoms with Crippen molar-refractivity contribution in [1.82, 2.24) is 4.98 Å². The van der Waals surface area contributed by atoms with Crippen LogP contribution in [0, 0.1) is 0 Å². The number of benzene rings is 1. The van der Waals surface area contributed by atoms with Gasteiger partial charge in [-0.1, -0.05) is 23.2 Å². The maximum absolute atomic E-state index is 6.11. The molecule has 0 amide bonds. The van der Waals surface area contributed by atoms with Gasteiger partial charge in [0.1, 0.15) is 5.69 Å². The molecular formula is C13H9Cl2N3O. The summed E-state index contributed by atoms with van der Waals surface area (Å²) in [6.07, 6.45) is 3.28. The molecule has 0 fully saturated rings. The Bertz CT molecular complexity index is 755. The molecule has 0 unspecified atom stereocenters. The number of nitrogens with zero attached hydrogens (tertiary/aromatic N) is 1. The molecule has 0 aliphatic heterocycles. The van der Waals surface area contributed by atoms with Crippen LogP contribution in [0.25, 0.3) is 11.0 Å². The summed E-state index contributed by atoms with van der Waals surface area (Å²) in [5.41, 5.74) is 7.79. The van der Waals surface area contributed by atoms with E-state index in [1.807, 2.05) is 6.07 Å². The van der Waals surface area contributed by atoms with Crippen molar-refractivity contribution in [1.29, 1.82) is 0 Å². The fourth-order valence-corrected chi connectivity index (χ4v) is 2.16. The maximum atomic E-state index is 6.11. The van der Waals surface area contributed by atoms with Crippen LogP contribution >= 0.6 is 23.2 Å². The summed E-state index contributed by atoms with van der Waals surface area (Å²) in [6, 6.07) is 6.97. The third kappa shape index (κ3) is 2.20. The van der Waals surface area contributed by atoms with Gasteiger partial charge in [-0.25, -0.2) is 0 Å². The van der Waals surface area contributed by atoms with Crippen LogP contribution in [-0.2, 0) is 0 Å². The number of nitrogens with two attached hydrogens (primary N) is 1. The van der Waals surface area contributed by atoms with Crippen LogP contribution in [0.3, 0.4) is 0 Å². The molecule has 96 valence electrons. The van der Waals surface area contributed by atoms with Gasteiger partial charge in [0.25, 0.3) is 0 Å². The first-order valence-electron chi connectivity index (χ1n) is 5.49. The molecule has 0 radical (unpaired) electrons. The second kappa shape index (κ2) is 4.64. The van der Waals surface area contributed by atoms with Crippen LogP contribution < -0.4 is 11.1 Å². The molecule has 0 aliphatic rings. The van der Waals surface area contributed by atoms with Crippen molar-refractivity contribution < 1.29 is 4.42 Å². The van der Waals surface area contributed by atoms with Gasteiger partial charge in [0.05, 0.1) is 16.9 Å². The summed E-state index contributed by atoms with van der Waals surface area (Å²) in [7, 11) is 0. The van der Waals surface area contributed by atoms with Gasteiger partial charge in [0, 0.05) is 16.6 Å². The summed E-state index contributed by atoms with van der Waals surface area (Å²) < 4.78 is 5.42. The van der Waals surface area contributed by atoms with E-state index in [1.54, 1.807) is 30.6 Å². The number of hydrogen-bond acceptors (Lipinski definition) is 4. The van der Waals surface area contributed by atoms with Crippen LogP contribution in [0.2, 0.25) is 10.0 Å². The average Bonchev–Trinajstić information content (AvgIpc) is 2.71. The van der Waals surface area contributed by atoms with Crippen LogP contribution in [0.5, 0.6) is 0 Å². The Morgan fingerprint density at radius 1 is 1.21 bits per heavy atom. The number of halogens is 2. The number of hydrogen-bond donors (Lipinski definition) is 2. The molecule has 19 heavy (non-hydrogen) atoms. The number of aromatic nitrogens is 1. The molecule has 0 bridgehead atoms. The Hall–Kier alpha value is -1.91. The monoisotopic (exact) mass is 293 g/mol. The quantitative estimate of drug-likeness (QED) is 0.732. The molecule has 0 spiro atoms. The van der Waals surface area contributed by atoms with Gasteiger partial charge >= 0.3 is 0 Å². The summed E-state index contributed by atoms with van der Waals surface area (Å²) in [6.45, 7) is 0. The second-order valence-electron chi connectivity index (χ2n) is 3.96. The van der Waals surface area contributed by atoms with Gasteiger partial charge in [0.15, 0.2) is 5.58 Å². The van der Waals surface area contributed by atoms with Crippen LogP contribution in [0.15, 0.2) is 41.1 Å². The lowest BCUT2D eigenvalue weighted by Crippen LogP contribution is -1.94. The molecule has 0 aliphatic carbocycles. The van der Waals surface area contributed by atoms with Crippen molar-refractivity contribution >= 4 is 51.4 Å². The molecule has 0 saturated heterocycles. The van der Waals surface area contributed by atoms with Crippen LogP contribution in [0.1, 0.15) is 0 Å². The fourth-order valence-electron chi connectivity index (χ4n) is 1.83. The number of furan rings is 1. The number of anilines is 3. The molecule has 1 aromatic carbocycles. The molecule has 3 aromatic rings. The zero-order valence-electron chi connectivity index (χ0n) is 9.65. The van der Waals surface area contributed by atoms with E-state index < -0.39 is 0 Å². The Balaban J connectivity index is 2.10. The fraction of sp³-hybridized carbons (Fsp3) is 0. The molecular weight excluding hydrogens is 285 g/mol. The zero-order chi connectivity index (χ0) is 13.4. The van der Waals surface area contributed by atoms with E-state index in [0.717, 1.165) is 5.39 Å². The molecule has 3 N–H and O–H groups in total. The first-order valence-corrected chi connectivity index (χ1v) is 6.25. The predicted molar refractivity (Wildman–Crippen MR) is 78.2 cm³/mol. The molecule has 4 nitrogen and oxygen atoms in total. The van der Waals surface area contributed by atoms with Crippen LogP contribution in [-0.4, -0.2) is 4.98 Å². The van der Waals surface area contributed by atoms with Crippen molar-refractivity contribution in [3.05, 3.63) is 46.7 Å². The molecule has 2 aromatic heterocycles. The third-order valence-electron chi connectivity index (χ3n) is 2.71. The highest BCUT2D eigenvalue weighted by molar-refractivity contribution is 6.35. The van der Waals surface area contributed by atoms with E-state index in [1.165, 1.54) is 0 Å². The SMILES string of the molecule is Nc1oc2cnccc2c1Nc1cc(Cl)ccc1Cl. The van der Waals surface area contributed by atoms with Crippen molar-refractivity contribution in [3.63, 3.8) is 0 Å². The van der Waals surface area contributed by atoms with Gasteiger partial charge in [-0.15, -0.1) is 0 Å². The number of pyridine rings is 1. The Morgan fingerprint density at radius 3 is 2.89 bits per heavy atom. The lowest BCUT2D eigenvalue weighted by molar-refractivity contribution is 0.636. The molecule has 0 atom stereocenters. The molecule has 3 rings (SSSR count). The minimum Gasteiger partial charge on any atom is -0.437 e. The lowest BCUT2D eigenvalue weighted by Gasteiger charge is -2.07. The van der Waals surface area contributed by atoms with Gasteiger partial charge in [0.2, 0.25) is 5.88 Å². The summed E-state index contributed by atoms with van der Waals surface area (Å²) in [5, 5.41) is 5.11. The smallest absolute Gasteiger partial charge is 0.215 e. The van der Waals surface area contributed by atoms with Crippen molar-refractivity contribution in [2.75, 3.05) is 11.1 Å². The maximum Gasteiger partial charge on any atom is 0.215 e.